The van der Waals surface area contributed by atoms with E-state index in [9.17, 15) is 14.7 Å². The van der Waals surface area contributed by atoms with Gasteiger partial charge in [0, 0.05) is 37.3 Å². The van der Waals surface area contributed by atoms with E-state index < -0.39 is 0 Å². The van der Waals surface area contributed by atoms with Crippen LogP contribution in [-0.2, 0) is 0 Å². The molecule has 1 aliphatic carbocycles. The van der Waals surface area contributed by atoms with Crippen LogP contribution in [-0.4, -0.2) is 102 Å². The molecule has 0 aromatic carbocycles. The third-order valence-electron chi connectivity index (χ3n) is 6.63. The smallest absolute Gasteiger partial charge is 0.317 e. The summed E-state index contributed by atoms with van der Waals surface area (Å²) in [5.74, 6) is 6.00. The minimum Gasteiger partial charge on any atom is -0.472 e. The van der Waals surface area contributed by atoms with Gasteiger partial charge in [0.05, 0.1) is 25.7 Å². The number of aliphatic hydroxyl groups excluding tert-OH is 1. The van der Waals surface area contributed by atoms with Gasteiger partial charge in [-0.1, -0.05) is 31.6 Å². The van der Waals surface area contributed by atoms with Crippen LogP contribution in [0.5, 0.6) is 5.88 Å². The van der Waals surface area contributed by atoms with Crippen molar-refractivity contribution >= 4 is 11.9 Å². The second kappa shape index (κ2) is 12.2. The molecule has 0 bridgehead atoms. The highest BCUT2D eigenvalue weighted by molar-refractivity contribution is 5.97. The van der Waals surface area contributed by atoms with Gasteiger partial charge in [0.1, 0.15) is 11.7 Å². The standard InChI is InChI=1S/C26H39N5O4/c1-18-15-31(19(2)17-32)25(33)22-13-20(9-8-12-29(3)4)14-27-24(22)35-23(18)16-30(5)26(34)28-21-10-6-7-11-21/h13-14,18-19,21,23,32H,6-7,10-12,15-17H2,1-5H3,(H,28,34)/t18-,19+,23+/m0/s1. The van der Waals surface area contributed by atoms with Crippen molar-refractivity contribution in [1.29, 1.82) is 0 Å². The lowest BCUT2D eigenvalue weighted by Crippen LogP contribution is -2.52. The number of urea groups is 1. The molecular weight excluding hydrogens is 446 g/mol. The first kappa shape index (κ1) is 26.8. The van der Waals surface area contributed by atoms with Crippen LogP contribution in [0.3, 0.4) is 0 Å². The zero-order chi connectivity index (χ0) is 25.5. The number of carbonyl (C=O) groups excluding carboxylic acids is 2. The van der Waals surface area contributed by atoms with E-state index in [4.69, 9.17) is 4.74 Å². The first-order valence-electron chi connectivity index (χ1n) is 12.4. The third-order valence-corrected chi connectivity index (χ3v) is 6.63. The second-order valence-electron chi connectivity index (χ2n) is 10.1. The van der Waals surface area contributed by atoms with Crippen molar-refractivity contribution in [2.75, 3.05) is 47.4 Å². The number of hydrogen-bond donors (Lipinski definition) is 2. The Kier molecular flexibility index (Phi) is 9.35. The van der Waals surface area contributed by atoms with Crippen molar-refractivity contribution in [3.8, 4) is 17.7 Å². The number of nitrogens with one attached hydrogen (secondary N) is 1. The van der Waals surface area contributed by atoms with E-state index >= 15 is 0 Å². The predicted octanol–water partition coefficient (Wildman–Crippen LogP) is 1.80. The molecule has 9 heteroatoms. The number of ether oxygens (including phenoxy) is 1. The highest BCUT2D eigenvalue weighted by Gasteiger charge is 2.35. The molecule has 1 aromatic rings. The number of pyridine rings is 1. The van der Waals surface area contributed by atoms with Gasteiger partial charge in [-0.15, -0.1) is 0 Å². The molecule has 1 fully saturated rings. The van der Waals surface area contributed by atoms with Crippen LogP contribution in [0.2, 0.25) is 0 Å². The number of aromatic nitrogens is 1. The van der Waals surface area contributed by atoms with Gasteiger partial charge in [-0.3, -0.25) is 9.69 Å². The molecule has 1 aromatic heterocycles. The van der Waals surface area contributed by atoms with E-state index in [1.165, 1.54) is 0 Å². The zero-order valence-electron chi connectivity index (χ0n) is 21.6. The average Bonchev–Trinajstić information content (AvgIpc) is 3.33. The van der Waals surface area contributed by atoms with Crippen LogP contribution in [0.15, 0.2) is 12.3 Å². The van der Waals surface area contributed by atoms with Crippen molar-refractivity contribution in [2.45, 2.75) is 57.7 Å². The lowest BCUT2D eigenvalue weighted by molar-refractivity contribution is 0.0351. The molecule has 0 unspecified atom stereocenters. The van der Waals surface area contributed by atoms with Gasteiger partial charge < -0.3 is 25.0 Å². The first-order valence-corrected chi connectivity index (χ1v) is 12.4. The van der Waals surface area contributed by atoms with Gasteiger partial charge in [0.15, 0.2) is 0 Å². The molecule has 35 heavy (non-hydrogen) atoms. The molecule has 0 radical (unpaired) electrons. The maximum Gasteiger partial charge on any atom is 0.317 e. The van der Waals surface area contributed by atoms with Crippen LogP contribution in [0.1, 0.15) is 55.5 Å². The fraction of sp³-hybridized carbons (Fsp3) is 0.654. The number of hydrogen-bond acceptors (Lipinski definition) is 6. The van der Waals surface area contributed by atoms with Crippen molar-refractivity contribution < 1.29 is 19.4 Å². The van der Waals surface area contributed by atoms with Crippen LogP contribution in [0, 0.1) is 17.8 Å². The zero-order valence-corrected chi connectivity index (χ0v) is 21.6. The average molecular weight is 486 g/mol. The number of aliphatic hydroxyl groups is 1. The topological polar surface area (TPSA) is 98.2 Å². The normalized spacial score (nSPS) is 21.3. The minimum absolute atomic E-state index is 0.0933. The lowest BCUT2D eigenvalue weighted by Gasteiger charge is -2.37. The van der Waals surface area contributed by atoms with Gasteiger partial charge >= 0.3 is 6.03 Å². The molecule has 2 N–H and O–H groups in total. The monoisotopic (exact) mass is 485 g/mol. The Bertz CT molecular complexity index is 951. The van der Waals surface area contributed by atoms with Crippen molar-refractivity contribution in [1.82, 2.24) is 25.0 Å². The Labute approximate surface area is 208 Å². The minimum atomic E-state index is -0.382. The Hall–Kier alpha value is -2.83. The van der Waals surface area contributed by atoms with E-state index in [0.29, 0.717) is 30.8 Å². The predicted molar refractivity (Wildman–Crippen MR) is 134 cm³/mol. The molecular formula is C26H39N5O4. The first-order chi connectivity index (χ1) is 16.7. The van der Waals surface area contributed by atoms with Gasteiger partial charge in [-0.05, 0) is 39.9 Å². The second-order valence-corrected chi connectivity index (χ2v) is 10.1. The summed E-state index contributed by atoms with van der Waals surface area (Å²) in [4.78, 5) is 35.9. The third kappa shape index (κ3) is 7.09. The summed E-state index contributed by atoms with van der Waals surface area (Å²) in [6.07, 6.45) is 5.55. The summed E-state index contributed by atoms with van der Waals surface area (Å²) in [5.41, 5.74) is 0.939. The molecule has 1 saturated carbocycles. The molecule has 0 spiro atoms. The van der Waals surface area contributed by atoms with E-state index in [-0.39, 0.29) is 48.5 Å². The fourth-order valence-corrected chi connectivity index (χ4v) is 4.40. The number of fused-ring (bicyclic) bond motifs is 1. The summed E-state index contributed by atoms with van der Waals surface area (Å²) in [6.45, 7) is 4.98. The quantitative estimate of drug-likeness (QED) is 0.597. The molecule has 1 aliphatic heterocycles. The molecule has 0 saturated heterocycles. The van der Waals surface area contributed by atoms with Crippen LogP contribution < -0.4 is 10.1 Å². The van der Waals surface area contributed by atoms with E-state index in [0.717, 1.165) is 25.7 Å². The Morgan fingerprint density at radius 1 is 1.34 bits per heavy atom. The molecule has 9 nitrogen and oxygen atoms in total. The maximum atomic E-state index is 13.5. The summed E-state index contributed by atoms with van der Waals surface area (Å²) in [7, 11) is 5.63. The Morgan fingerprint density at radius 2 is 2.06 bits per heavy atom. The SMILES string of the molecule is C[C@H](CO)N1C[C@H](C)[C@@H](CN(C)C(=O)NC2CCCC2)Oc2ncc(C#CCN(C)C)cc2C1=O. The largest absolute Gasteiger partial charge is 0.472 e. The van der Waals surface area contributed by atoms with Crippen molar-refractivity contribution in [3.63, 3.8) is 0 Å². The summed E-state index contributed by atoms with van der Waals surface area (Å²) in [6, 6.07) is 1.44. The van der Waals surface area contributed by atoms with Crippen molar-refractivity contribution in [2.24, 2.45) is 5.92 Å². The van der Waals surface area contributed by atoms with Crippen molar-refractivity contribution in [3.05, 3.63) is 23.4 Å². The van der Waals surface area contributed by atoms with Crippen LogP contribution in [0.25, 0.3) is 0 Å². The lowest BCUT2D eigenvalue weighted by atomic mass is 10.00. The Balaban J connectivity index is 1.85. The number of nitrogens with zero attached hydrogens (tertiary/aromatic N) is 4. The molecule has 3 amide bonds. The molecule has 2 aliphatic rings. The van der Waals surface area contributed by atoms with Crippen LogP contribution >= 0.6 is 0 Å². The molecule has 2 heterocycles. The maximum absolute atomic E-state index is 13.5. The summed E-state index contributed by atoms with van der Waals surface area (Å²) in [5, 5.41) is 12.9. The van der Waals surface area contributed by atoms with E-state index in [2.05, 4.69) is 22.1 Å². The molecule has 3 atom stereocenters. The number of rotatable bonds is 6. The number of amides is 3. The molecule has 192 valence electrons. The summed E-state index contributed by atoms with van der Waals surface area (Å²) >= 11 is 0. The fourth-order valence-electron chi connectivity index (χ4n) is 4.40. The van der Waals surface area contributed by atoms with Gasteiger partial charge in [-0.2, -0.15) is 0 Å². The van der Waals surface area contributed by atoms with Gasteiger partial charge in [0.2, 0.25) is 5.88 Å². The van der Waals surface area contributed by atoms with E-state index in [1.54, 1.807) is 29.1 Å². The Morgan fingerprint density at radius 3 is 2.71 bits per heavy atom. The van der Waals surface area contributed by atoms with Crippen LogP contribution in [0.4, 0.5) is 4.79 Å². The number of carbonyl (C=O) groups is 2. The highest BCUT2D eigenvalue weighted by atomic mass is 16.5. The summed E-state index contributed by atoms with van der Waals surface area (Å²) < 4.78 is 6.27. The van der Waals surface area contributed by atoms with Gasteiger partial charge in [-0.25, -0.2) is 9.78 Å². The highest BCUT2D eigenvalue weighted by Crippen LogP contribution is 2.27. The molecule has 3 rings (SSSR count). The van der Waals surface area contributed by atoms with Gasteiger partial charge in [0.25, 0.3) is 5.91 Å². The van der Waals surface area contributed by atoms with E-state index in [1.807, 2.05) is 32.8 Å². The number of likely N-dealkylation sites (N-methyl/N-ethyl adjacent to an activating group) is 1.